The first kappa shape index (κ1) is 12.9. The Morgan fingerprint density at radius 2 is 2.00 bits per heavy atom. The van der Waals surface area contributed by atoms with Crippen LogP contribution in [0, 0.1) is 10.7 Å². The van der Waals surface area contributed by atoms with Gasteiger partial charge in [-0.2, -0.15) is 0 Å². The molecule has 17 heavy (non-hydrogen) atoms. The van der Waals surface area contributed by atoms with Crippen LogP contribution in [-0.4, -0.2) is 9.55 Å². The van der Waals surface area contributed by atoms with Crippen molar-refractivity contribution in [1.29, 1.82) is 0 Å². The third kappa shape index (κ3) is 2.65. The molecule has 0 saturated heterocycles. The number of nitrogens with one attached hydrogen (secondary N) is 1. The van der Waals surface area contributed by atoms with Gasteiger partial charge >= 0.3 is 0 Å². The van der Waals surface area contributed by atoms with E-state index in [1.807, 2.05) is 0 Å². The van der Waals surface area contributed by atoms with Gasteiger partial charge in [-0.15, -0.1) is 0 Å². The zero-order chi connectivity index (χ0) is 12.4. The number of hydrogen-bond acceptors (Lipinski definition) is 1. The van der Waals surface area contributed by atoms with Crippen LogP contribution >= 0.6 is 12.2 Å². The number of nitrogens with zero attached hydrogens (tertiary/aromatic N) is 1. The summed E-state index contributed by atoms with van der Waals surface area (Å²) in [5.41, 5.74) is 1.37. The van der Waals surface area contributed by atoms with Crippen LogP contribution in [0.4, 0.5) is 0 Å². The molecule has 2 atom stereocenters. The van der Waals surface area contributed by atoms with Crippen molar-refractivity contribution in [2.45, 2.75) is 64.8 Å². The zero-order valence-electron chi connectivity index (χ0n) is 11.2. The van der Waals surface area contributed by atoms with Gasteiger partial charge in [0.1, 0.15) is 0 Å². The lowest BCUT2D eigenvalue weighted by Gasteiger charge is -2.26. The Labute approximate surface area is 109 Å². The minimum Gasteiger partial charge on any atom is -0.337 e. The standard InChI is InChI=1S/C14H24N2S/c1-10(2)13-9-15-14(17)16(13)12-8-6-4-5-7-11(12)3/h9-12H,4-8H2,1-3H3,(H,15,17). The van der Waals surface area contributed by atoms with E-state index in [1.54, 1.807) is 0 Å². The number of H-pyrrole nitrogens is 1. The fraction of sp³-hybridized carbons (Fsp3) is 0.786. The molecule has 0 spiro atoms. The van der Waals surface area contributed by atoms with E-state index in [2.05, 4.69) is 36.5 Å². The maximum Gasteiger partial charge on any atom is 0.177 e. The summed E-state index contributed by atoms with van der Waals surface area (Å²) in [6.45, 7) is 6.88. The minimum atomic E-state index is 0.540. The quantitative estimate of drug-likeness (QED) is 0.591. The van der Waals surface area contributed by atoms with Crippen molar-refractivity contribution in [3.8, 4) is 0 Å². The highest BCUT2D eigenvalue weighted by molar-refractivity contribution is 7.71. The molecule has 1 saturated carbocycles. The summed E-state index contributed by atoms with van der Waals surface area (Å²) >= 11 is 5.48. The Bertz CT molecular complexity index is 416. The molecule has 0 amide bonds. The minimum absolute atomic E-state index is 0.540. The molecule has 0 aromatic carbocycles. The van der Waals surface area contributed by atoms with Crippen LogP contribution in [0.2, 0.25) is 0 Å². The second-order valence-corrected chi connectivity index (χ2v) is 6.11. The van der Waals surface area contributed by atoms with Crippen molar-refractivity contribution in [2.75, 3.05) is 0 Å². The van der Waals surface area contributed by atoms with E-state index in [1.165, 1.54) is 37.8 Å². The number of imidazole rings is 1. The molecular weight excluding hydrogens is 228 g/mol. The first-order chi connectivity index (χ1) is 8.11. The summed E-state index contributed by atoms with van der Waals surface area (Å²) in [6, 6.07) is 0.605. The number of aromatic nitrogens is 2. The van der Waals surface area contributed by atoms with E-state index in [9.17, 15) is 0 Å². The van der Waals surface area contributed by atoms with Gasteiger partial charge in [0.05, 0.1) is 0 Å². The van der Waals surface area contributed by atoms with Crippen LogP contribution in [0.5, 0.6) is 0 Å². The summed E-state index contributed by atoms with van der Waals surface area (Å²) in [5, 5.41) is 0. The molecule has 1 aromatic rings. The average molecular weight is 252 g/mol. The van der Waals surface area contributed by atoms with Gasteiger partial charge in [-0.1, -0.05) is 40.0 Å². The highest BCUT2D eigenvalue weighted by Gasteiger charge is 2.24. The Hall–Kier alpha value is -0.570. The largest absolute Gasteiger partial charge is 0.337 e. The molecule has 1 heterocycles. The van der Waals surface area contributed by atoms with Crippen LogP contribution in [0.15, 0.2) is 6.20 Å². The van der Waals surface area contributed by atoms with Crippen LogP contribution in [-0.2, 0) is 0 Å². The summed E-state index contributed by atoms with van der Waals surface area (Å²) in [7, 11) is 0. The van der Waals surface area contributed by atoms with Gasteiger partial charge < -0.3 is 9.55 Å². The Morgan fingerprint density at radius 1 is 1.29 bits per heavy atom. The molecule has 0 bridgehead atoms. The maximum absolute atomic E-state index is 5.48. The van der Waals surface area contributed by atoms with E-state index in [-0.39, 0.29) is 0 Å². The van der Waals surface area contributed by atoms with Crippen LogP contribution in [0.1, 0.15) is 70.5 Å². The summed E-state index contributed by atoms with van der Waals surface area (Å²) < 4.78 is 3.31. The molecule has 0 radical (unpaired) electrons. The molecule has 1 aromatic heterocycles. The van der Waals surface area contributed by atoms with Gasteiger partial charge in [0.2, 0.25) is 0 Å². The van der Waals surface area contributed by atoms with Gasteiger partial charge in [0.15, 0.2) is 4.77 Å². The topological polar surface area (TPSA) is 20.7 Å². The Balaban J connectivity index is 2.37. The normalized spacial score (nSPS) is 26.1. The van der Waals surface area contributed by atoms with E-state index < -0.39 is 0 Å². The van der Waals surface area contributed by atoms with Crippen molar-refractivity contribution in [1.82, 2.24) is 9.55 Å². The van der Waals surface area contributed by atoms with Crippen LogP contribution in [0.25, 0.3) is 0 Å². The molecule has 2 nitrogen and oxygen atoms in total. The molecule has 1 N–H and O–H groups in total. The molecule has 2 unspecified atom stereocenters. The van der Waals surface area contributed by atoms with Crippen molar-refractivity contribution in [2.24, 2.45) is 5.92 Å². The Morgan fingerprint density at radius 3 is 2.71 bits per heavy atom. The van der Waals surface area contributed by atoms with Gasteiger partial charge in [-0.25, -0.2) is 0 Å². The highest BCUT2D eigenvalue weighted by atomic mass is 32.1. The van der Waals surface area contributed by atoms with E-state index in [0.29, 0.717) is 12.0 Å². The molecule has 1 aliphatic carbocycles. The smallest absolute Gasteiger partial charge is 0.177 e. The predicted octanol–water partition coefficient (Wildman–Crippen LogP) is 4.81. The van der Waals surface area contributed by atoms with Crippen LogP contribution in [0.3, 0.4) is 0 Å². The summed E-state index contributed by atoms with van der Waals surface area (Å²) in [4.78, 5) is 3.23. The molecule has 1 aliphatic rings. The molecule has 2 rings (SSSR count). The first-order valence-corrected chi connectivity index (χ1v) is 7.32. The number of aromatic amines is 1. The third-order valence-corrected chi connectivity index (χ3v) is 4.39. The fourth-order valence-electron chi connectivity index (χ4n) is 3.04. The summed E-state index contributed by atoms with van der Waals surface area (Å²) in [5.74, 6) is 1.29. The molecule has 96 valence electrons. The number of hydrogen-bond donors (Lipinski definition) is 1. The third-order valence-electron chi connectivity index (χ3n) is 4.08. The highest BCUT2D eigenvalue weighted by Crippen LogP contribution is 2.34. The van der Waals surface area contributed by atoms with E-state index in [0.717, 1.165) is 10.7 Å². The van der Waals surface area contributed by atoms with Crippen molar-refractivity contribution >= 4 is 12.2 Å². The van der Waals surface area contributed by atoms with Crippen molar-refractivity contribution in [3.05, 3.63) is 16.7 Å². The van der Waals surface area contributed by atoms with Gasteiger partial charge in [0.25, 0.3) is 0 Å². The molecular formula is C14H24N2S. The lowest BCUT2D eigenvalue weighted by atomic mass is 9.96. The number of rotatable bonds is 2. The second kappa shape index (κ2) is 5.38. The second-order valence-electron chi connectivity index (χ2n) is 5.73. The zero-order valence-corrected chi connectivity index (χ0v) is 12.0. The van der Waals surface area contributed by atoms with Gasteiger partial charge in [-0.3, -0.25) is 0 Å². The van der Waals surface area contributed by atoms with Gasteiger partial charge in [-0.05, 0) is 36.9 Å². The molecule has 3 heteroatoms. The van der Waals surface area contributed by atoms with Crippen molar-refractivity contribution < 1.29 is 0 Å². The molecule has 1 fully saturated rings. The lowest BCUT2D eigenvalue weighted by molar-refractivity contribution is 0.322. The lowest BCUT2D eigenvalue weighted by Crippen LogP contribution is -2.19. The fourth-order valence-corrected chi connectivity index (χ4v) is 3.34. The van der Waals surface area contributed by atoms with E-state index in [4.69, 9.17) is 12.2 Å². The monoisotopic (exact) mass is 252 g/mol. The summed E-state index contributed by atoms with van der Waals surface area (Å²) in [6.07, 6.45) is 8.84. The van der Waals surface area contributed by atoms with Crippen LogP contribution < -0.4 is 0 Å². The maximum atomic E-state index is 5.48. The predicted molar refractivity (Wildman–Crippen MR) is 75.0 cm³/mol. The SMILES string of the molecule is CC(C)c1c[nH]c(=S)n1C1CCCCCC1C. The Kier molecular flexibility index (Phi) is 4.08. The first-order valence-electron chi connectivity index (χ1n) is 6.91. The molecule has 0 aliphatic heterocycles. The van der Waals surface area contributed by atoms with Crippen molar-refractivity contribution in [3.63, 3.8) is 0 Å². The van der Waals surface area contributed by atoms with Gasteiger partial charge in [0, 0.05) is 17.9 Å². The average Bonchev–Trinajstić information content (AvgIpc) is 2.52. The van der Waals surface area contributed by atoms with E-state index >= 15 is 0 Å².